The quantitative estimate of drug-likeness (QED) is 0.611. The van der Waals surface area contributed by atoms with Crippen molar-refractivity contribution in [3.05, 3.63) is 76.5 Å². The molecule has 1 saturated heterocycles. The van der Waals surface area contributed by atoms with Crippen LogP contribution in [0.3, 0.4) is 0 Å². The molecular formula is C25H28BFN2O4. The fraction of sp³-hybridized carbons (Fsp3) is 0.360. The summed E-state index contributed by atoms with van der Waals surface area (Å²) >= 11 is 0. The van der Waals surface area contributed by atoms with E-state index in [2.05, 4.69) is 11.4 Å². The van der Waals surface area contributed by atoms with Crippen molar-refractivity contribution in [2.45, 2.75) is 51.9 Å². The molecule has 1 aliphatic heterocycles. The number of halogens is 1. The van der Waals surface area contributed by atoms with Crippen molar-refractivity contribution in [1.29, 1.82) is 5.26 Å². The first kappa shape index (κ1) is 24.5. The summed E-state index contributed by atoms with van der Waals surface area (Å²) in [6.45, 7) is 7.83. The van der Waals surface area contributed by atoms with Crippen LogP contribution in [-0.2, 0) is 27.1 Å². The first-order valence-electron chi connectivity index (χ1n) is 10.8. The van der Waals surface area contributed by atoms with Gasteiger partial charge < -0.3 is 19.4 Å². The highest BCUT2D eigenvalue weighted by atomic mass is 19.1. The van der Waals surface area contributed by atoms with Gasteiger partial charge in [0.25, 0.3) is 0 Å². The molecule has 1 amide bonds. The molecule has 0 radical (unpaired) electrons. The molecule has 1 heterocycles. The van der Waals surface area contributed by atoms with Gasteiger partial charge in [0.2, 0.25) is 0 Å². The fourth-order valence-corrected chi connectivity index (χ4v) is 3.25. The lowest BCUT2D eigenvalue weighted by Gasteiger charge is -2.32. The van der Waals surface area contributed by atoms with E-state index in [1.54, 1.807) is 18.2 Å². The van der Waals surface area contributed by atoms with Gasteiger partial charge >= 0.3 is 13.2 Å². The summed E-state index contributed by atoms with van der Waals surface area (Å²) in [4.78, 5) is 12.3. The Balaban J connectivity index is 1.79. The molecule has 33 heavy (non-hydrogen) atoms. The SMILES string of the molecule is CC1(C)OB(C(=Cc2cc(CC#N)ccc2F)CNC(=O)OCc2ccccc2)OC1(C)C. The summed E-state index contributed by atoms with van der Waals surface area (Å²) in [5.74, 6) is -0.447. The largest absolute Gasteiger partial charge is 0.492 e. The number of benzene rings is 2. The Kier molecular flexibility index (Phi) is 7.57. The number of carbonyl (C=O) groups is 1. The average Bonchev–Trinajstić information content (AvgIpc) is 2.99. The lowest BCUT2D eigenvalue weighted by atomic mass is 9.77. The van der Waals surface area contributed by atoms with Gasteiger partial charge in [0.1, 0.15) is 12.4 Å². The van der Waals surface area contributed by atoms with Crippen molar-refractivity contribution in [3.63, 3.8) is 0 Å². The number of nitriles is 1. The molecule has 1 N–H and O–H groups in total. The zero-order valence-corrected chi connectivity index (χ0v) is 19.4. The van der Waals surface area contributed by atoms with Gasteiger partial charge in [-0.25, -0.2) is 9.18 Å². The first-order valence-corrected chi connectivity index (χ1v) is 10.8. The minimum atomic E-state index is -0.788. The molecule has 172 valence electrons. The van der Waals surface area contributed by atoms with E-state index in [0.29, 0.717) is 11.0 Å². The molecule has 0 bridgehead atoms. The lowest BCUT2D eigenvalue weighted by molar-refractivity contribution is 0.00578. The molecule has 2 aromatic rings. The zero-order valence-electron chi connectivity index (χ0n) is 19.4. The van der Waals surface area contributed by atoms with Crippen LogP contribution in [-0.4, -0.2) is 31.0 Å². The summed E-state index contributed by atoms with van der Waals surface area (Å²) in [6, 6.07) is 15.9. The van der Waals surface area contributed by atoms with E-state index in [9.17, 15) is 9.18 Å². The number of ether oxygens (including phenoxy) is 1. The zero-order chi connectivity index (χ0) is 24.1. The number of nitrogens with one attached hydrogen (secondary N) is 1. The number of amides is 1. The monoisotopic (exact) mass is 450 g/mol. The number of hydrogen-bond donors (Lipinski definition) is 1. The van der Waals surface area contributed by atoms with Crippen LogP contribution in [0.4, 0.5) is 9.18 Å². The molecule has 0 aromatic heterocycles. The highest BCUT2D eigenvalue weighted by Crippen LogP contribution is 2.38. The second-order valence-corrected chi connectivity index (χ2v) is 8.91. The van der Waals surface area contributed by atoms with Gasteiger partial charge in [-0.05, 0) is 56.4 Å². The van der Waals surface area contributed by atoms with Gasteiger partial charge in [0.15, 0.2) is 0 Å². The van der Waals surface area contributed by atoms with Crippen LogP contribution < -0.4 is 5.32 Å². The summed E-state index contributed by atoms with van der Waals surface area (Å²) in [5.41, 5.74) is 1.15. The number of hydrogen-bond acceptors (Lipinski definition) is 5. The fourth-order valence-electron chi connectivity index (χ4n) is 3.25. The van der Waals surface area contributed by atoms with Crippen LogP contribution in [0, 0.1) is 17.1 Å². The van der Waals surface area contributed by atoms with Gasteiger partial charge in [0.05, 0.1) is 23.7 Å². The molecule has 0 atom stereocenters. The van der Waals surface area contributed by atoms with Crippen molar-refractivity contribution in [2.24, 2.45) is 0 Å². The summed E-state index contributed by atoms with van der Waals surface area (Å²) in [5, 5.41) is 11.7. The van der Waals surface area contributed by atoms with E-state index >= 15 is 0 Å². The maximum absolute atomic E-state index is 14.5. The second-order valence-electron chi connectivity index (χ2n) is 8.91. The molecule has 0 spiro atoms. The maximum atomic E-state index is 14.5. The van der Waals surface area contributed by atoms with Crippen LogP contribution >= 0.6 is 0 Å². The molecular weight excluding hydrogens is 422 g/mol. The molecule has 0 aliphatic carbocycles. The molecule has 0 unspecified atom stereocenters. The first-order chi connectivity index (χ1) is 15.6. The molecule has 6 nitrogen and oxygen atoms in total. The topological polar surface area (TPSA) is 80.6 Å². The summed E-state index contributed by atoms with van der Waals surface area (Å²) < 4.78 is 32.1. The van der Waals surface area contributed by atoms with Crippen LogP contribution in [0.5, 0.6) is 0 Å². The van der Waals surface area contributed by atoms with Crippen molar-refractivity contribution in [1.82, 2.24) is 5.32 Å². The van der Waals surface area contributed by atoms with Crippen molar-refractivity contribution < 1.29 is 23.2 Å². The summed E-state index contributed by atoms with van der Waals surface area (Å²) in [6.07, 6.45) is 1.15. The normalized spacial score (nSPS) is 16.8. The van der Waals surface area contributed by atoms with Gasteiger partial charge in [-0.15, -0.1) is 0 Å². The number of rotatable bonds is 7. The molecule has 2 aromatic carbocycles. The number of nitrogens with zero attached hydrogens (tertiary/aromatic N) is 1. The third-order valence-electron chi connectivity index (χ3n) is 5.89. The van der Waals surface area contributed by atoms with E-state index in [4.69, 9.17) is 19.3 Å². The van der Waals surface area contributed by atoms with Crippen molar-refractivity contribution in [2.75, 3.05) is 6.54 Å². The van der Waals surface area contributed by atoms with Gasteiger partial charge in [-0.3, -0.25) is 0 Å². The molecule has 0 saturated carbocycles. The second kappa shape index (κ2) is 10.2. The number of alkyl carbamates (subject to hydrolysis) is 1. The average molecular weight is 450 g/mol. The molecule has 1 fully saturated rings. The van der Waals surface area contributed by atoms with Crippen LogP contribution in [0.1, 0.15) is 44.4 Å². The highest BCUT2D eigenvalue weighted by molar-refractivity contribution is 6.56. The van der Waals surface area contributed by atoms with E-state index in [1.165, 1.54) is 6.07 Å². The Morgan fingerprint density at radius 2 is 1.79 bits per heavy atom. The molecule has 1 aliphatic rings. The van der Waals surface area contributed by atoms with Crippen molar-refractivity contribution >= 4 is 19.3 Å². The Labute approximate surface area is 194 Å². The lowest BCUT2D eigenvalue weighted by Crippen LogP contribution is -2.41. The predicted molar refractivity (Wildman–Crippen MR) is 124 cm³/mol. The Bertz CT molecular complexity index is 1050. The molecule has 8 heteroatoms. The van der Waals surface area contributed by atoms with Crippen molar-refractivity contribution in [3.8, 4) is 6.07 Å². The third-order valence-corrected chi connectivity index (χ3v) is 5.89. The molecule has 3 rings (SSSR count). The smallest absolute Gasteiger partial charge is 0.445 e. The Hall–Kier alpha value is -3.15. The Morgan fingerprint density at radius 3 is 2.42 bits per heavy atom. The van der Waals surface area contributed by atoms with Crippen LogP contribution in [0.25, 0.3) is 6.08 Å². The minimum Gasteiger partial charge on any atom is -0.445 e. The van der Waals surface area contributed by atoms with E-state index in [1.807, 2.05) is 58.0 Å². The van der Waals surface area contributed by atoms with Crippen LogP contribution in [0.15, 0.2) is 54.0 Å². The van der Waals surface area contributed by atoms with Gasteiger partial charge in [-0.2, -0.15) is 5.26 Å². The standard InChI is InChI=1S/C25H28BFN2O4/c1-24(2)25(3,4)33-26(32-24)21(15-20-14-18(12-13-28)10-11-22(20)27)16-29-23(30)31-17-19-8-6-5-7-9-19/h5-11,14-15H,12,16-17H2,1-4H3,(H,29,30). The van der Waals surface area contributed by atoms with Gasteiger partial charge in [0, 0.05) is 12.1 Å². The summed E-state index contributed by atoms with van der Waals surface area (Å²) in [7, 11) is -0.788. The van der Waals surface area contributed by atoms with E-state index < -0.39 is 30.2 Å². The number of carbonyl (C=O) groups excluding carboxylic acids is 1. The third kappa shape index (κ3) is 6.22. The minimum absolute atomic E-state index is 0.0341. The van der Waals surface area contributed by atoms with Crippen LogP contribution in [0.2, 0.25) is 0 Å². The maximum Gasteiger partial charge on any atom is 0.492 e. The Morgan fingerprint density at radius 1 is 1.12 bits per heavy atom. The predicted octanol–water partition coefficient (Wildman–Crippen LogP) is 4.83. The highest BCUT2D eigenvalue weighted by Gasteiger charge is 2.52. The van der Waals surface area contributed by atoms with E-state index in [-0.39, 0.29) is 25.1 Å². The van der Waals surface area contributed by atoms with Gasteiger partial charge in [-0.1, -0.05) is 42.5 Å². The van der Waals surface area contributed by atoms with E-state index in [0.717, 1.165) is 5.56 Å².